The van der Waals surface area contributed by atoms with Crippen LogP contribution in [0, 0.1) is 0 Å². The first-order valence-corrected chi connectivity index (χ1v) is 6.64. The lowest BCUT2D eigenvalue weighted by atomic mass is 10.0. The zero-order chi connectivity index (χ0) is 15.0. The Morgan fingerprint density at radius 2 is 2.05 bits per heavy atom. The van der Waals surface area contributed by atoms with Crippen molar-refractivity contribution in [2.75, 3.05) is 0 Å². The van der Waals surface area contributed by atoms with E-state index in [9.17, 15) is 14.7 Å². The normalized spacial score (nSPS) is 15.3. The lowest BCUT2D eigenvalue weighted by Gasteiger charge is -2.10. The summed E-state index contributed by atoms with van der Waals surface area (Å²) in [6.07, 6.45) is 6.42. The van der Waals surface area contributed by atoms with Gasteiger partial charge in [-0.3, -0.25) is 9.59 Å². The van der Waals surface area contributed by atoms with Crippen LogP contribution in [0.4, 0.5) is 0 Å². The molecule has 1 aliphatic rings. The van der Waals surface area contributed by atoms with Crippen LogP contribution in [0.15, 0.2) is 28.6 Å². The van der Waals surface area contributed by atoms with Crippen LogP contribution in [0.25, 0.3) is 0 Å². The molecular formula is C14H20N2O4. The highest BCUT2D eigenvalue weighted by molar-refractivity contribution is 6.01. The Balaban J connectivity index is 2.37. The second-order valence-corrected chi connectivity index (χ2v) is 4.63. The Kier molecular flexibility index (Phi) is 6.49. The van der Waals surface area contributed by atoms with Crippen LogP contribution in [0.3, 0.4) is 0 Å². The molecule has 0 radical (unpaired) electrons. The van der Waals surface area contributed by atoms with Gasteiger partial charge in [-0.2, -0.15) is 5.10 Å². The topological polar surface area (TPSA) is 99.0 Å². The van der Waals surface area contributed by atoms with Gasteiger partial charge in [0.2, 0.25) is 5.91 Å². The van der Waals surface area contributed by atoms with E-state index in [0.29, 0.717) is 30.5 Å². The zero-order valence-corrected chi connectivity index (χ0v) is 11.6. The molecule has 0 unspecified atom stereocenters. The maximum atomic E-state index is 11.5. The number of amides is 1. The van der Waals surface area contributed by atoms with Crippen LogP contribution in [0.1, 0.15) is 45.4 Å². The molecule has 0 saturated carbocycles. The summed E-state index contributed by atoms with van der Waals surface area (Å²) in [5.74, 6) is -0.829. The fourth-order valence-electron chi connectivity index (χ4n) is 1.81. The van der Waals surface area contributed by atoms with Gasteiger partial charge in [-0.15, -0.1) is 0 Å². The van der Waals surface area contributed by atoms with E-state index in [2.05, 4.69) is 10.5 Å². The third-order valence-corrected chi connectivity index (χ3v) is 2.93. The summed E-state index contributed by atoms with van der Waals surface area (Å²) in [6, 6.07) is 0. The first-order chi connectivity index (χ1) is 9.50. The van der Waals surface area contributed by atoms with Crippen LogP contribution in [-0.4, -0.2) is 27.8 Å². The van der Waals surface area contributed by atoms with Crippen molar-refractivity contribution >= 4 is 17.6 Å². The third kappa shape index (κ3) is 5.69. The number of carbonyl (C=O) groups excluding carboxylic acids is 1. The molecule has 6 nitrogen and oxygen atoms in total. The van der Waals surface area contributed by atoms with Gasteiger partial charge >= 0.3 is 5.97 Å². The molecular weight excluding hydrogens is 260 g/mol. The molecule has 1 aliphatic carbocycles. The molecule has 1 amide bonds. The molecule has 20 heavy (non-hydrogen) atoms. The molecule has 110 valence electrons. The minimum Gasteiger partial charge on any atom is -0.512 e. The Labute approximate surface area is 117 Å². The highest BCUT2D eigenvalue weighted by Gasteiger charge is 2.10. The van der Waals surface area contributed by atoms with E-state index in [-0.39, 0.29) is 24.5 Å². The molecule has 0 aromatic rings. The molecule has 0 heterocycles. The van der Waals surface area contributed by atoms with Crippen molar-refractivity contribution in [2.24, 2.45) is 5.10 Å². The Morgan fingerprint density at radius 3 is 2.70 bits per heavy atom. The predicted octanol–water partition coefficient (Wildman–Crippen LogP) is 2.29. The number of hydrazone groups is 1. The molecule has 1 rings (SSSR count). The van der Waals surface area contributed by atoms with Crippen LogP contribution >= 0.6 is 0 Å². The molecule has 0 spiro atoms. The second-order valence-electron chi connectivity index (χ2n) is 4.63. The maximum Gasteiger partial charge on any atom is 0.303 e. The van der Waals surface area contributed by atoms with Gasteiger partial charge < -0.3 is 10.2 Å². The van der Waals surface area contributed by atoms with E-state index in [0.717, 1.165) is 6.42 Å². The number of aliphatic carboxylic acids is 1. The van der Waals surface area contributed by atoms with Crippen molar-refractivity contribution in [1.29, 1.82) is 0 Å². The second kappa shape index (κ2) is 8.14. The number of carboxylic acid groups (broad SMARTS) is 1. The SMILES string of the molecule is C/C(=N\NC(=O)CCCCC(=O)O)C1=C(O)CCC=C1. The van der Waals surface area contributed by atoms with Gasteiger partial charge in [0, 0.05) is 24.8 Å². The first kappa shape index (κ1) is 15.9. The number of nitrogens with zero attached hydrogens (tertiary/aromatic N) is 1. The number of carbonyl (C=O) groups is 2. The number of nitrogens with one attached hydrogen (secondary N) is 1. The fourth-order valence-corrected chi connectivity index (χ4v) is 1.81. The smallest absolute Gasteiger partial charge is 0.303 e. The van der Waals surface area contributed by atoms with E-state index < -0.39 is 5.97 Å². The van der Waals surface area contributed by atoms with Crippen molar-refractivity contribution < 1.29 is 19.8 Å². The number of aliphatic hydroxyl groups is 1. The molecule has 0 aliphatic heterocycles. The first-order valence-electron chi connectivity index (χ1n) is 6.64. The number of carboxylic acids is 1. The molecule has 0 bridgehead atoms. The Morgan fingerprint density at radius 1 is 1.35 bits per heavy atom. The highest BCUT2D eigenvalue weighted by Crippen LogP contribution is 2.17. The minimum absolute atomic E-state index is 0.0706. The van der Waals surface area contributed by atoms with Crippen molar-refractivity contribution in [3.05, 3.63) is 23.5 Å². The number of unbranched alkanes of at least 4 members (excludes halogenated alkanes) is 1. The van der Waals surface area contributed by atoms with E-state index in [4.69, 9.17) is 5.11 Å². The maximum absolute atomic E-state index is 11.5. The lowest BCUT2D eigenvalue weighted by molar-refractivity contribution is -0.137. The molecule has 0 aromatic carbocycles. The number of hydrogen-bond donors (Lipinski definition) is 3. The van der Waals surface area contributed by atoms with Gasteiger partial charge in [-0.05, 0) is 26.2 Å². The average molecular weight is 280 g/mol. The monoisotopic (exact) mass is 280 g/mol. The summed E-state index contributed by atoms with van der Waals surface area (Å²) >= 11 is 0. The van der Waals surface area contributed by atoms with E-state index in [1.54, 1.807) is 13.0 Å². The summed E-state index contributed by atoms with van der Waals surface area (Å²) in [5.41, 5.74) is 3.61. The predicted molar refractivity (Wildman–Crippen MR) is 75.4 cm³/mol. The highest BCUT2D eigenvalue weighted by atomic mass is 16.4. The van der Waals surface area contributed by atoms with Gasteiger partial charge in [-0.1, -0.05) is 12.2 Å². The van der Waals surface area contributed by atoms with E-state index in [1.807, 2.05) is 6.08 Å². The van der Waals surface area contributed by atoms with Gasteiger partial charge in [-0.25, -0.2) is 5.43 Å². The number of rotatable bonds is 7. The van der Waals surface area contributed by atoms with Crippen molar-refractivity contribution in [3.8, 4) is 0 Å². The van der Waals surface area contributed by atoms with Crippen molar-refractivity contribution in [3.63, 3.8) is 0 Å². The van der Waals surface area contributed by atoms with Crippen LogP contribution < -0.4 is 5.43 Å². The molecule has 0 atom stereocenters. The average Bonchev–Trinajstić information content (AvgIpc) is 2.41. The van der Waals surface area contributed by atoms with Crippen LogP contribution in [0.2, 0.25) is 0 Å². The largest absolute Gasteiger partial charge is 0.512 e. The summed E-state index contributed by atoms with van der Waals surface area (Å²) in [4.78, 5) is 21.8. The summed E-state index contributed by atoms with van der Waals surface area (Å²) in [5, 5.41) is 22.1. The molecule has 3 N–H and O–H groups in total. The number of allylic oxidation sites excluding steroid dienone is 4. The standard InChI is InChI=1S/C14H20N2O4/c1-10(11-6-2-3-7-12(11)17)15-16-13(18)8-4-5-9-14(19)20/h2,6,17H,3-5,7-9H2,1H3,(H,16,18)(H,19,20)/b15-10+. The van der Waals surface area contributed by atoms with Crippen molar-refractivity contribution in [2.45, 2.75) is 45.4 Å². The van der Waals surface area contributed by atoms with Crippen LogP contribution in [-0.2, 0) is 9.59 Å². The van der Waals surface area contributed by atoms with E-state index in [1.165, 1.54) is 0 Å². The van der Waals surface area contributed by atoms with Gasteiger partial charge in [0.25, 0.3) is 0 Å². The van der Waals surface area contributed by atoms with Gasteiger partial charge in [0.1, 0.15) is 5.76 Å². The van der Waals surface area contributed by atoms with E-state index >= 15 is 0 Å². The lowest BCUT2D eigenvalue weighted by Crippen LogP contribution is -2.19. The minimum atomic E-state index is -0.856. The molecule has 0 saturated heterocycles. The van der Waals surface area contributed by atoms with Crippen LogP contribution in [0.5, 0.6) is 0 Å². The number of hydrogen-bond acceptors (Lipinski definition) is 4. The third-order valence-electron chi connectivity index (χ3n) is 2.93. The summed E-state index contributed by atoms with van der Waals surface area (Å²) < 4.78 is 0. The quantitative estimate of drug-likeness (QED) is 0.378. The van der Waals surface area contributed by atoms with Gasteiger partial charge in [0.05, 0.1) is 5.71 Å². The summed E-state index contributed by atoms with van der Waals surface area (Å²) in [6.45, 7) is 1.71. The Bertz CT molecular complexity index is 464. The van der Waals surface area contributed by atoms with Gasteiger partial charge in [0.15, 0.2) is 0 Å². The van der Waals surface area contributed by atoms with Crippen molar-refractivity contribution in [1.82, 2.24) is 5.43 Å². The fraction of sp³-hybridized carbons (Fsp3) is 0.500. The molecule has 6 heteroatoms. The Hall–Kier alpha value is -2.11. The summed E-state index contributed by atoms with van der Waals surface area (Å²) in [7, 11) is 0. The number of aliphatic hydroxyl groups excluding tert-OH is 1. The molecule has 0 aromatic heterocycles. The molecule has 0 fully saturated rings. The zero-order valence-electron chi connectivity index (χ0n) is 11.6.